The van der Waals surface area contributed by atoms with E-state index in [1.807, 2.05) is 0 Å². The van der Waals surface area contributed by atoms with Crippen LogP contribution in [0.15, 0.2) is 27.5 Å². The standard InChI is InChI=1S/C13H13BrClN5O3/c1-20-12(22)10(11(16)19-13(20)17)18-9(21)5-23-8-3-2-6(15)4-7(8)14/h2-4H,5,16H2,1H3,(H2,17,19)(H,18,21). The molecule has 1 heterocycles. The van der Waals surface area contributed by atoms with Gasteiger partial charge in [0.05, 0.1) is 4.47 Å². The van der Waals surface area contributed by atoms with Crippen molar-refractivity contribution in [1.29, 1.82) is 0 Å². The summed E-state index contributed by atoms with van der Waals surface area (Å²) in [5.74, 6) is -0.346. The molecule has 8 nitrogen and oxygen atoms in total. The Hall–Kier alpha value is -2.26. The largest absolute Gasteiger partial charge is 0.483 e. The lowest BCUT2D eigenvalue weighted by Crippen LogP contribution is -2.30. The Morgan fingerprint density at radius 1 is 1.48 bits per heavy atom. The van der Waals surface area contributed by atoms with Crippen LogP contribution in [0.4, 0.5) is 17.5 Å². The molecular weight excluding hydrogens is 390 g/mol. The van der Waals surface area contributed by atoms with E-state index < -0.39 is 11.5 Å². The van der Waals surface area contributed by atoms with Crippen molar-refractivity contribution in [3.8, 4) is 5.75 Å². The van der Waals surface area contributed by atoms with Crippen molar-refractivity contribution in [1.82, 2.24) is 9.55 Å². The summed E-state index contributed by atoms with van der Waals surface area (Å²) in [7, 11) is 1.42. The Morgan fingerprint density at radius 3 is 2.83 bits per heavy atom. The Labute approximate surface area is 144 Å². The van der Waals surface area contributed by atoms with Gasteiger partial charge in [0.15, 0.2) is 18.1 Å². The first-order valence-electron chi connectivity index (χ1n) is 6.29. The number of nitrogen functional groups attached to an aromatic ring is 2. The van der Waals surface area contributed by atoms with Gasteiger partial charge >= 0.3 is 0 Å². The summed E-state index contributed by atoms with van der Waals surface area (Å²) < 4.78 is 7.02. The van der Waals surface area contributed by atoms with Crippen molar-refractivity contribution in [2.45, 2.75) is 0 Å². The molecule has 0 saturated carbocycles. The molecule has 23 heavy (non-hydrogen) atoms. The first-order valence-corrected chi connectivity index (χ1v) is 7.46. The van der Waals surface area contributed by atoms with Gasteiger partial charge in [-0.1, -0.05) is 11.6 Å². The highest BCUT2D eigenvalue weighted by Crippen LogP contribution is 2.27. The van der Waals surface area contributed by atoms with Crippen molar-refractivity contribution >= 4 is 50.9 Å². The fourth-order valence-electron chi connectivity index (χ4n) is 1.66. The lowest BCUT2D eigenvalue weighted by molar-refractivity contribution is -0.118. The first-order chi connectivity index (χ1) is 10.8. The molecule has 0 fully saturated rings. The third-order valence-corrected chi connectivity index (χ3v) is 3.73. The average Bonchev–Trinajstić information content (AvgIpc) is 2.48. The minimum atomic E-state index is -0.567. The van der Waals surface area contributed by atoms with Gasteiger partial charge in [0.1, 0.15) is 5.75 Å². The van der Waals surface area contributed by atoms with E-state index in [4.69, 9.17) is 27.8 Å². The van der Waals surface area contributed by atoms with E-state index in [1.54, 1.807) is 18.2 Å². The van der Waals surface area contributed by atoms with Crippen molar-refractivity contribution in [2.75, 3.05) is 23.4 Å². The molecule has 0 bridgehead atoms. The number of aromatic nitrogens is 2. The number of ether oxygens (including phenoxy) is 1. The molecule has 0 unspecified atom stereocenters. The van der Waals surface area contributed by atoms with Crippen LogP contribution < -0.4 is 27.1 Å². The Balaban J connectivity index is 2.09. The number of anilines is 3. The Kier molecular flexibility index (Phi) is 5.12. The topological polar surface area (TPSA) is 125 Å². The van der Waals surface area contributed by atoms with Gasteiger partial charge < -0.3 is 21.5 Å². The Morgan fingerprint density at radius 2 is 2.17 bits per heavy atom. The zero-order valence-electron chi connectivity index (χ0n) is 12.0. The fourth-order valence-corrected chi connectivity index (χ4v) is 2.46. The molecule has 2 aromatic rings. The van der Waals surface area contributed by atoms with Crippen LogP contribution in [0.25, 0.3) is 0 Å². The van der Waals surface area contributed by atoms with E-state index in [2.05, 4.69) is 26.2 Å². The number of carbonyl (C=O) groups excluding carboxylic acids is 1. The summed E-state index contributed by atoms with van der Waals surface area (Å²) in [6, 6.07) is 4.86. The number of nitrogens with one attached hydrogen (secondary N) is 1. The number of amides is 1. The van der Waals surface area contributed by atoms with Crippen LogP contribution in [-0.4, -0.2) is 22.1 Å². The smallest absolute Gasteiger partial charge is 0.280 e. The van der Waals surface area contributed by atoms with Crippen LogP contribution in [0.1, 0.15) is 0 Å². The number of carbonyl (C=O) groups is 1. The minimum absolute atomic E-state index is 0.0492. The molecule has 122 valence electrons. The predicted octanol–water partition coefficient (Wildman–Crippen LogP) is 1.38. The molecule has 0 radical (unpaired) electrons. The van der Waals surface area contributed by atoms with Crippen LogP contribution in [0.2, 0.25) is 5.02 Å². The molecule has 0 aliphatic carbocycles. The molecule has 1 aromatic heterocycles. The maximum Gasteiger partial charge on any atom is 0.280 e. The van der Waals surface area contributed by atoms with Gasteiger partial charge in [0, 0.05) is 12.1 Å². The van der Waals surface area contributed by atoms with Gasteiger partial charge in [-0.3, -0.25) is 14.2 Å². The average molecular weight is 403 g/mol. The minimum Gasteiger partial charge on any atom is -0.483 e. The lowest BCUT2D eigenvalue weighted by atomic mass is 10.3. The van der Waals surface area contributed by atoms with E-state index in [1.165, 1.54) is 7.05 Å². The molecule has 1 aromatic carbocycles. The first kappa shape index (κ1) is 17.1. The number of nitrogens with zero attached hydrogens (tertiary/aromatic N) is 2. The fraction of sp³-hybridized carbons (Fsp3) is 0.154. The molecule has 10 heteroatoms. The lowest BCUT2D eigenvalue weighted by Gasteiger charge is -2.11. The SMILES string of the molecule is Cn1c(N)nc(N)c(NC(=O)COc2ccc(Cl)cc2Br)c1=O. The molecule has 0 spiro atoms. The van der Waals surface area contributed by atoms with E-state index >= 15 is 0 Å². The van der Waals surface area contributed by atoms with Crippen molar-refractivity contribution in [2.24, 2.45) is 7.05 Å². The normalized spacial score (nSPS) is 10.4. The van der Waals surface area contributed by atoms with Gasteiger partial charge in [0.25, 0.3) is 11.5 Å². The highest BCUT2D eigenvalue weighted by atomic mass is 79.9. The highest BCUT2D eigenvalue weighted by molar-refractivity contribution is 9.10. The molecule has 0 aliphatic heterocycles. The summed E-state index contributed by atoms with van der Waals surface area (Å²) in [6.07, 6.45) is 0. The highest BCUT2D eigenvalue weighted by Gasteiger charge is 2.14. The second-order valence-electron chi connectivity index (χ2n) is 4.51. The second-order valence-corrected chi connectivity index (χ2v) is 5.80. The quantitative estimate of drug-likeness (QED) is 0.709. The van der Waals surface area contributed by atoms with Crippen molar-refractivity contribution in [3.05, 3.63) is 38.0 Å². The van der Waals surface area contributed by atoms with Crippen molar-refractivity contribution < 1.29 is 9.53 Å². The number of nitrogens with two attached hydrogens (primary N) is 2. The number of hydrogen-bond donors (Lipinski definition) is 3. The van der Waals surface area contributed by atoms with Gasteiger partial charge in [0.2, 0.25) is 5.95 Å². The van der Waals surface area contributed by atoms with Gasteiger partial charge in [-0.25, -0.2) is 0 Å². The van der Waals surface area contributed by atoms with Crippen LogP contribution >= 0.6 is 27.5 Å². The maximum atomic E-state index is 12.0. The van der Waals surface area contributed by atoms with Crippen LogP contribution in [0.3, 0.4) is 0 Å². The van der Waals surface area contributed by atoms with Gasteiger partial charge in [-0.2, -0.15) is 4.98 Å². The summed E-state index contributed by atoms with van der Waals surface area (Å²) in [5.41, 5.74) is 10.4. The molecule has 0 atom stereocenters. The molecule has 5 N–H and O–H groups in total. The number of benzene rings is 1. The zero-order chi connectivity index (χ0) is 17.1. The van der Waals surface area contributed by atoms with Crippen LogP contribution in [0, 0.1) is 0 Å². The zero-order valence-corrected chi connectivity index (χ0v) is 14.3. The summed E-state index contributed by atoms with van der Waals surface area (Å²) in [4.78, 5) is 27.7. The molecule has 0 aliphatic rings. The molecular formula is C13H13BrClN5O3. The Bertz CT molecular complexity index is 824. The third kappa shape index (κ3) is 3.93. The summed E-state index contributed by atoms with van der Waals surface area (Å²) in [6.45, 7) is -0.326. The number of halogens is 2. The monoisotopic (exact) mass is 401 g/mol. The van der Waals surface area contributed by atoms with E-state index in [0.29, 0.717) is 15.2 Å². The predicted molar refractivity (Wildman–Crippen MR) is 91.6 cm³/mol. The van der Waals surface area contributed by atoms with Gasteiger partial charge in [-0.05, 0) is 34.1 Å². The van der Waals surface area contributed by atoms with Crippen LogP contribution in [0.5, 0.6) is 5.75 Å². The molecule has 1 amide bonds. The molecule has 2 rings (SSSR count). The number of rotatable bonds is 4. The van der Waals surface area contributed by atoms with E-state index in [9.17, 15) is 9.59 Å². The van der Waals surface area contributed by atoms with E-state index in [-0.39, 0.29) is 24.1 Å². The number of hydrogen-bond acceptors (Lipinski definition) is 6. The second kappa shape index (κ2) is 6.88. The van der Waals surface area contributed by atoms with E-state index in [0.717, 1.165) is 4.57 Å². The van der Waals surface area contributed by atoms with Crippen molar-refractivity contribution in [3.63, 3.8) is 0 Å². The van der Waals surface area contributed by atoms with Crippen LogP contribution in [-0.2, 0) is 11.8 Å². The maximum absolute atomic E-state index is 12.0. The molecule has 0 saturated heterocycles. The summed E-state index contributed by atoms with van der Waals surface area (Å²) >= 11 is 9.08. The summed E-state index contributed by atoms with van der Waals surface area (Å²) in [5, 5.41) is 2.89. The third-order valence-electron chi connectivity index (χ3n) is 2.87. The van der Waals surface area contributed by atoms with Gasteiger partial charge in [-0.15, -0.1) is 0 Å².